The van der Waals surface area contributed by atoms with Crippen molar-refractivity contribution in [2.45, 2.75) is 24.8 Å². The summed E-state index contributed by atoms with van der Waals surface area (Å²) in [7, 11) is 0. The van der Waals surface area contributed by atoms with Crippen molar-refractivity contribution in [1.82, 2.24) is 5.32 Å². The van der Waals surface area contributed by atoms with Gasteiger partial charge in [-0.25, -0.2) is 0 Å². The van der Waals surface area contributed by atoms with Gasteiger partial charge in [0, 0.05) is 5.69 Å². The molecule has 4 N–H and O–H groups in total. The van der Waals surface area contributed by atoms with Crippen LogP contribution in [0, 0.1) is 0 Å². The molecule has 0 bridgehead atoms. The first-order valence-corrected chi connectivity index (χ1v) is 5.40. The standard InChI is InChI=1S/C12H16N2O2/c13-10-3-1-9(2-4-10)7-11(16)14-12(8-15)5-6-12/h1-4,15H,5-8,13H2,(H,14,16). The van der Waals surface area contributed by atoms with Crippen molar-refractivity contribution in [3.63, 3.8) is 0 Å². The van der Waals surface area contributed by atoms with Crippen molar-refractivity contribution >= 4 is 11.6 Å². The molecule has 0 aromatic heterocycles. The molecule has 4 heteroatoms. The smallest absolute Gasteiger partial charge is 0.224 e. The maximum atomic E-state index is 11.7. The van der Waals surface area contributed by atoms with E-state index in [1.54, 1.807) is 12.1 Å². The predicted octanol–water partition coefficient (Wildman–Crippen LogP) is 0.452. The Labute approximate surface area is 94.5 Å². The van der Waals surface area contributed by atoms with E-state index in [4.69, 9.17) is 10.8 Å². The molecule has 0 spiro atoms. The number of aliphatic hydroxyl groups is 1. The number of amides is 1. The lowest BCUT2D eigenvalue weighted by Crippen LogP contribution is -2.40. The van der Waals surface area contributed by atoms with Gasteiger partial charge in [-0.1, -0.05) is 12.1 Å². The summed E-state index contributed by atoms with van der Waals surface area (Å²) in [5, 5.41) is 11.9. The van der Waals surface area contributed by atoms with E-state index in [2.05, 4.69) is 5.32 Å². The van der Waals surface area contributed by atoms with Crippen LogP contribution in [0.15, 0.2) is 24.3 Å². The molecule has 0 unspecified atom stereocenters. The molecule has 1 aromatic rings. The third-order valence-corrected chi connectivity index (χ3v) is 2.91. The number of hydrogen-bond donors (Lipinski definition) is 3. The Morgan fingerprint density at radius 2 is 2.00 bits per heavy atom. The number of hydrogen-bond acceptors (Lipinski definition) is 3. The third-order valence-electron chi connectivity index (χ3n) is 2.91. The minimum Gasteiger partial charge on any atom is -0.399 e. The number of anilines is 1. The summed E-state index contributed by atoms with van der Waals surface area (Å²) in [6.07, 6.45) is 2.08. The molecule has 1 aliphatic rings. The predicted molar refractivity (Wildman–Crippen MR) is 61.8 cm³/mol. The number of rotatable bonds is 4. The quantitative estimate of drug-likeness (QED) is 0.645. The van der Waals surface area contributed by atoms with Gasteiger partial charge in [0.1, 0.15) is 0 Å². The summed E-state index contributed by atoms with van der Waals surface area (Å²) in [4.78, 5) is 11.7. The number of nitrogen functional groups attached to an aromatic ring is 1. The Morgan fingerprint density at radius 3 is 2.50 bits per heavy atom. The molecule has 0 heterocycles. The lowest BCUT2D eigenvalue weighted by atomic mass is 10.1. The maximum absolute atomic E-state index is 11.7. The topological polar surface area (TPSA) is 75.4 Å². The highest BCUT2D eigenvalue weighted by Crippen LogP contribution is 2.34. The summed E-state index contributed by atoms with van der Waals surface area (Å²) in [5.41, 5.74) is 6.85. The van der Waals surface area contributed by atoms with Crippen molar-refractivity contribution in [2.24, 2.45) is 0 Å². The number of nitrogens with one attached hydrogen (secondary N) is 1. The number of carbonyl (C=O) groups excluding carboxylic acids is 1. The van der Waals surface area contributed by atoms with Crippen LogP contribution < -0.4 is 11.1 Å². The summed E-state index contributed by atoms with van der Waals surface area (Å²) in [6, 6.07) is 7.24. The zero-order chi connectivity index (χ0) is 11.6. The zero-order valence-corrected chi connectivity index (χ0v) is 9.07. The molecule has 0 radical (unpaired) electrons. The Morgan fingerprint density at radius 1 is 1.38 bits per heavy atom. The minimum atomic E-state index is -0.328. The maximum Gasteiger partial charge on any atom is 0.224 e. The molecule has 2 rings (SSSR count). The minimum absolute atomic E-state index is 0.0283. The van der Waals surface area contributed by atoms with Gasteiger partial charge in [0.25, 0.3) is 0 Å². The van der Waals surface area contributed by atoms with Crippen LogP contribution in [0.3, 0.4) is 0 Å². The Bertz CT molecular complexity index is 383. The van der Waals surface area contributed by atoms with Gasteiger partial charge < -0.3 is 16.2 Å². The zero-order valence-electron chi connectivity index (χ0n) is 9.07. The molecule has 1 fully saturated rings. The van der Waals surface area contributed by atoms with Crippen LogP contribution in [0.1, 0.15) is 18.4 Å². The molecule has 16 heavy (non-hydrogen) atoms. The summed E-state index contributed by atoms with van der Waals surface area (Å²) < 4.78 is 0. The van der Waals surface area contributed by atoms with Crippen LogP contribution in [0.5, 0.6) is 0 Å². The second-order valence-electron chi connectivity index (χ2n) is 4.40. The van der Waals surface area contributed by atoms with Crippen molar-refractivity contribution in [1.29, 1.82) is 0 Å². The van der Waals surface area contributed by atoms with Crippen molar-refractivity contribution in [3.8, 4) is 0 Å². The summed E-state index contributed by atoms with van der Waals surface area (Å²) in [5.74, 6) is -0.0451. The number of benzene rings is 1. The second-order valence-corrected chi connectivity index (χ2v) is 4.40. The van der Waals surface area contributed by atoms with Gasteiger partial charge in [-0.3, -0.25) is 4.79 Å². The average molecular weight is 220 g/mol. The normalized spacial score (nSPS) is 16.8. The highest BCUT2D eigenvalue weighted by atomic mass is 16.3. The van der Waals surface area contributed by atoms with E-state index in [0.717, 1.165) is 18.4 Å². The highest BCUT2D eigenvalue weighted by Gasteiger charge is 2.43. The number of aliphatic hydroxyl groups excluding tert-OH is 1. The van der Waals surface area contributed by atoms with E-state index in [1.807, 2.05) is 12.1 Å². The molecule has 0 aliphatic heterocycles. The molecule has 4 nitrogen and oxygen atoms in total. The lowest BCUT2D eigenvalue weighted by Gasteiger charge is -2.14. The molecular weight excluding hydrogens is 204 g/mol. The lowest BCUT2D eigenvalue weighted by molar-refractivity contribution is -0.121. The van der Waals surface area contributed by atoms with Gasteiger partial charge in [0.2, 0.25) is 5.91 Å². The van der Waals surface area contributed by atoms with Gasteiger partial charge in [-0.2, -0.15) is 0 Å². The highest BCUT2D eigenvalue weighted by molar-refractivity contribution is 5.79. The largest absolute Gasteiger partial charge is 0.399 e. The molecule has 0 atom stereocenters. The van der Waals surface area contributed by atoms with Crippen molar-refractivity contribution in [3.05, 3.63) is 29.8 Å². The van der Waals surface area contributed by atoms with Gasteiger partial charge in [-0.15, -0.1) is 0 Å². The first kappa shape index (κ1) is 11.0. The molecule has 86 valence electrons. The van der Waals surface area contributed by atoms with Crippen LogP contribution in [0.25, 0.3) is 0 Å². The molecule has 1 aliphatic carbocycles. The molecule has 0 saturated heterocycles. The first-order chi connectivity index (χ1) is 7.63. The SMILES string of the molecule is Nc1ccc(CC(=O)NC2(CO)CC2)cc1. The van der Waals surface area contributed by atoms with Gasteiger partial charge in [-0.05, 0) is 30.5 Å². The van der Waals surface area contributed by atoms with E-state index >= 15 is 0 Å². The first-order valence-electron chi connectivity index (χ1n) is 5.40. The monoisotopic (exact) mass is 220 g/mol. The molecular formula is C12H16N2O2. The number of nitrogens with two attached hydrogens (primary N) is 1. The van der Waals surface area contributed by atoms with E-state index in [9.17, 15) is 4.79 Å². The van der Waals surface area contributed by atoms with Crippen molar-refractivity contribution in [2.75, 3.05) is 12.3 Å². The van der Waals surface area contributed by atoms with Crippen LogP contribution in [-0.2, 0) is 11.2 Å². The molecule has 1 aromatic carbocycles. The third kappa shape index (κ3) is 2.52. The van der Waals surface area contributed by atoms with Crippen molar-refractivity contribution < 1.29 is 9.90 Å². The van der Waals surface area contributed by atoms with E-state index in [0.29, 0.717) is 12.1 Å². The average Bonchev–Trinajstić information content (AvgIpc) is 3.02. The molecule has 1 saturated carbocycles. The second kappa shape index (κ2) is 4.14. The molecule has 1 amide bonds. The summed E-state index contributed by atoms with van der Waals surface area (Å²) >= 11 is 0. The number of carbonyl (C=O) groups is 1. The van der Waals surface area contributed by atoms with E-state index < -0.39 is 0 Å². The summed E-state index contributed by atoms with van der Waals surface area (Å²) in [6.45, 7) is 0.0283. The van der Waals surface area contributed by atoms with E-state index in [-0.39, 0.29) is 18.1 Å². The fourth-order valence-corrected chi connectivity index (χ4v) is 1.63. The van der Waals surface area contributed by atoms with Crippen LogP contribution in [0.2, 0.25) is 0 Å². The van der Waals surface area contributed by atoms with Gasteiger partial charge >= 0.3 is 0 Å². The van der Waals surface area contributed by atoms with Crippen LogP contribution in [0.4, 0.5) is 5.69 Å². The Balaban J connectivity index is 1.90. The Kier molecular flexibility index (Phi) is 2.83. The fourth-order valence-electron chi connectivity index (χ4n) is 1.63. The Hall–Kier alpha value is -1.55. The van der Waals surface area contributed by atoms with Gasteiger partial charge in [0.15, 0.2) is 0 Å². The van der Waals surface area contributed by atoms with Crippen LogP contribution in [-0.4, -0.2) is 23.2 Å². The van der Waals surface area contributed by atoms with Crippen LogP contribution >= 0.6 is 0 Å². The van der Waals surface area contributed by atoms with E-state index in [1.165, 1.54) is 0 Å². The van der Waals surface area contributed by atoms with Gasteiger partial charge in [0.05, 0.1) is 18.6 Å². The fraction of sp³-hybridized carbons (Fsp3) is 0.417.